The van der Waals surface area contributed by atoms with Crippen molar-refractivity contribution in [3.63, 3.8) is 0 Å². The Bertz CT molecular complexity index is 584. The highest BCUT2D eigenvalue weighted by atomic mass is 19.4. The molecule has 7 heteroatoms. The van der Waals surface area contributed by atoms with E-state index in [0.717, 1.165) is 0 Å². The Morgan fingerprint density at radius 3 is 2.26 bits per heavy atom. The lowest BCUT2D eigenvalue weighted by Gasteiger charge is -2.28. The van der Waals surface area contributed by atoms with Crippen LogP contribution in [0.1, 0.15) is 37.7 Å². The van der Waals surface area contributed by atoms with Crippen LogP contribution in [0.2, 0.25) is 0 Å². The maximum absolute atomic E-state index is 13.2. The minimum absolute atomic E-state index is 0.0152. The molecule has 0 spiro atoms. The van der Waals surface area contributed by atoms with E-state index in [1.807, 2.05) is 0 Å². The van der Waals surface area contributed by atoms with Gasteiger partial charge in [-0.1, -0.05) is 30.3 Å². The van der Waals surface area contributed by atoms with Gasteiger partial charge in [-0.05, 0) is 31.2 Å². The van der Waals surface area contributed by atoms with Gasteiger partial charge in [0.15, 0.2) is 0 Å². The van der Waals surface area contributed by atoms with Gasteiger partial charge in [0.1, 0.15) is 5.54 Å². The molecular formula is C16H18F3NO3. The Kier molecular flexibility index (Phi) is 4.68. The van der Waals surface area contributed by atoms with Gasteiger partial charge in [0.05, 0.1) is 5.92 Å². The Balaban J connectivity index is 2.14. The summed E-state index contributed by atoms with van der Waals surface area (Å²) in [5, 5.41) is 11.6. The lowest BCUT2D eigenvalue weighted by atomic mass is 9.92. The first-order valence-corrected chi connectivity index (χ1v) is 7.30. The molecular weight excluding hydrogens is 311 g/mol. The van der Waals surface area contributed by atoms with E-state index in [-0.39, 0.29) is 11.5 Å². The zero-order valence-corrected chi connectivity index (χ0v) is 12.6. The molecule has 126 valence electrons. The molecule has 1 aliphatic carbocycles. The van der Waals surface area contributed by atoms with Crippen LogP contribution in [-0.4, -0.2) is 28.7 Å². The molecule has 1 aliphatic rings. The SMILES string of the molecule is C[C@@](NC(=O)C[C@H](c1ccccc1)C(F)(F)F)(C(=O)O)C1CC1. The summed E-state index contributed by atoms with van der Waals surface area (Å²) in [6, 6.07) is 7.14. The number of benzene rings is 1. The summed E-state index contributed by atoms with van der Waals surface area (Å²) in [6.45, 7) is 1.34. The second-order valence-corrected chi connectivity index (χ2v) is 6.04. The maximum atomic E-state index is 13.2. The van der Waals surface area contributed by atoms with Gasteiger partial charge in [0.2, 0.25) is 5.91 Å². The molecule has 1 amide bonds. The second-order valence-electron chi connectivity index (χ2n) is 6.04. The quantitative estimate of drug-likeness (QED) is 0.843. The number of carbonyl (C=O) groups is 2. The van der Waals surface area contributed by atoms with E-state index in [1.54, 1.807) is 6.07 Å². The number of amides is 1. The van der Waals surface area contributed by atoms with E-state index in [0.29, 0.717) is 12.8 Å². The Morgan fingerprint density at radius 2 is 1.83 bits per heavy atom. The first kappa shape index (κ1) is 17.3. The van der Waals surface area contributed by atoms with Crippen molar-refractivity contribution in [3.8, 4) is 0 Å². The molecule has 1 saturated carbocycles. The predicted molar refractivity (Wildman–Crippen MR) is 76.8 cm³/mol. The lowest BCUT2D eigenvalue weighted by Crippen LogP contribution is -2.54. The van der Waals surface area contributed by atoms with Gasteiger partial charge in [-0.3, -0.25) is 4.79 Å². The summed E-state index contributed by atoms with van der Waals surface area (Å²) in [7, 11) is 0. The smallest absolute Gasteiger partial charge is 0.396 e. The monoisotopic (exact) mass is 329 g/mol. The predicted octanol–water partition coefficient (Wildman–Crippen LogP) is 3.09. The van der Waals surface area contributed by atoms with Crippen molar-refractivity contribution in [2.75, 3.05) is 0 Å². The summed E-state index contributed by atoms with van der Waals surface area (Å²) in [5.41, 5.74) is -1.53. The molecule has 0 saturated heterocycles. The number of nitrogens with one attached hydrogen (secondary N) is 1. The fourth-order valence-corrected chi connectivity index (χ4v) is 2.62. The van der Waals surface area contributed by atoms with Gasteiger partial charge in [0, 0.05) is 6.42 Å². The normalized spacial score (nSPS) is 18.8. The summed E-state index contributed by atoms with van der Waals surface area (Å²) in [5.74, 6) is -4.32. The molecule has 2 atom stereocenters. The van der Waals surface area contributed by atoms with E-state index < -0.39 is 35.9 Å². The Hall–Kier alpha value is -2.05. The average molecular weight is 329 g/mol. The number of halogens is 3. The lowest BCUT2D eigenvalue weighted by molar-refractivity contribution is -0.159. The minimum atomic E-state index is -4.59. The van der Waals surface area contributed by atoms with Crippen molar-refractivity contribution in [3.05, 3.63) is 35.9 Å². The van der Waals surface area contributed by atoms with Gasteiger partial charge in [-0.25, -0.2) is 4.79 Å². The highest BCUT2D eigenvalue weighted by Gasteiger charge is 2.49. The number of aliphatic carboxylic acids is 1. The molecule has 0 unspecified atom stereocenters. The minimum Gasteiger partial charge on any atom is -0.480 e. The molecule has 23 heavy (non-hydrogen) atoms. The number of hydrogen-bond donors (Lipinski definition) is 2. The molecule has 0 heterocycles. The van der Waals surface area contributed by atoms with Gasteiger partial charge < -0.3 is 10.4 Å². The molecule has 0 aliphatic heterocycles. The van der Waals surface area contributed by atoms with E-state index >= 15 is 0 Å². The molecule has 4 nitrogen and oxygen atoms in total. The number of hydrogen-bond acceptors (Lipinski definition) is 2. The molecule has 2 rings (SSSR count). The summed E-state index contributed by atoms with van der Waals surface area (Å²) in [6.07, 6.45) is -4.13. The first-order chi connectivity index (χ1) is 10.6. The van der Waals surface area contributed by atoms with Crippen LogP contribution in [0.25, 0.3) is 0 Å². The fourth-order valence-electron chi connectivity index (χ4n) is 2.62. The molecule has 2 N–H and O–H groups in total. The van der Waals surface area contributed by atoms with Crippen LogP contribution >= 0.6 is 0 Å². The highest BCUT2D eigenvalue weighted by Crippen LogP contribution is 2.41. The van der Waals surface area contributed by atoms with Crippen LogP contribution < -0.4 is 5.32 Å². The third kappa shape index (κ3) is 4.03. The van der Waals surface area contributed by atoms with Crippen LogP contribution in [0.5, 0.6) is 0 Å². The van der Waals surface area contributed by atoms with Crippen molar-refractivity contribution in [1.29, 1.82) is 0 Å². The van der Waals surface area contributed by atoms with Gasteiger partial charge in [-0.2, -0.15) is 13.2 Å². The van der Waals surface area contributed by atoms with Crippen molar-refractivity contribution < 1.29 is 27.9 Å². The zero-order valence-electron chi connectivity index (χ0n) is 12.6. The molecule has 1 aromatic carbocycles. The Morgan fingerprint density at radius 1 is 1.26 bits per heavy atom. The summed E-state index contributed by atoms with van der Waals surface area (Å²) >= 11 is 0. The van der Waals surface area contributed by atoms with Crippen LogP contribution in [0.3, 0.4) is 0 Å². The molecule has 1 fully saturated rings. The van der Waals surface area contributed by atoms with Crippen LogP contribution in [0.15, 0.2) is 30.3 Å². The van der Waals surface area contributed by atoms with Crippen LogP contribution in [0.4, 0.5) is 13.2 Å². The van der Waals surface area contributed by atoms with E-state index in [4.69, 9.17) is 0 Å². The fraction of sp³-hybridized carbons (Fsp3) is 0.500. The number of alkyl halides is 3. The standard InChI is InChI=1S/C16H18F3NO3/c1-15(14(22)23,11-7-8-11)20-13(21)9-12(16(17,18)19)10-5-3-2-4-6-10/h2-6,11-12H,7-9H2,1H3,(H,20,21)(H,22,23)/t12-,15+/m1/s1. The molecule has 0 aromatic heterocycles. The van der Waals surface area contributed by atoms with Crippen LogP contribution in [0, 0.1) is 5.92 Å². The first-order valence-electron chi connectivity index (χ1n) is 7.30. The van der Waals surface area contributed by atoms with E-state index in [2.05, 4.69) is 5.32 Å². The van der Waals surface area contributed by atoms with Crippen molar-refractivity contribution in [2.45, 2.75) is 43.8 Å². The van der Waals surface area contributed by atoms with Crippen molar-refractivity contribution in [1.82, 2.24) is 5.32 Å². The van der Waals surface area contributed by atoms with Gasteiger partial charge in [0.25, 0.3) is 0 Å². The van der Waals surface area contributed by atoms with Gasteiger partial charge in [-0.15, -0.1) is 0 Å². The third-order valence-electron chi connectivity index (χ3n) is 4.22. The summed E-state index contributed by atoms with van der Waals surface area (Å²) in [4.78, 5) is 23.4. The molecule has 0 radical (unpaired) electrons. The Labute approximate surface area is 131 Å². The molecule has 0 bridgehead atoms. The summed E-state index contributed by atoms with van der Waals surface area (Å²) < 4.78 is 39.7. The maximum Gasteiger partial charge on any atom is 0.396 e. The van der Waals surface area contributed by atoms with Crippen LogP contribution in [-0.2, 0) is 9.59 Å². The van der Waals surface area contributed by atoms with Gasteiger partial charge >= 0.3 is 12.1 Å². The van der Waals surface area contributed by atoms with Crippen molar-refractivity contribution >= 4 is 11.9 Å². The average Bonchev–Trinajstić information content (AvgIpc) is 3.29. The zero-order chi connectivity index (χ0) is 17.3. The third-order valence-corrected chi connectivity index (χ3v) is 4.22. The van der Waals surface area contributed by atoms with E-state index in [9.17, 15) is 27.9 Å². The second kappa shape index (κ2) is 6.22. The van der Waals surface area contributed by atoms with E-state index in [1.165, 1.54) is 31.2 Å². The highest BCUT2D eigenvalue weighted by molar-refractivity contribution is 5.87. The largest absolute Gasteiger partial charge is 0.480 e. The number of carbonyl (C=O) groups excluding carboxylic acids is 1. The number of carboxylic acid groups (broad SMARTS) is 1. The topological polar surface area (TPSA) is 66.4 Å². The number of carboxylic acids is 1. The molecule has 1 aromatic rings. The van der Waals surface area contributed by atoms with Crippen molar-refractivity contribution in [2.24, 2.45) is 5.92 Å². The number of rotatable bonds is 6.